The monoisotopic (exact) mass is 426 g/mol. The van der Waals surface area contributed by atoms with Gasteiger partial charge in [0.15, 0.2) is 5.76 Å². The predicted molar refractivity (Wildman–Crippen MR) is 120 cm³/mol. The molecular formula is C26H22N2O4. The van der Waals surface area contributed by atoms with Crippen LogP contribution in [0.25, 0.3) is 11.3 Å². The van der Waals surface area contributed by atoms with Gasteiger partial charge >= 0.3 is 0 Å². The summed E-state index contributed by atoms with van der Waals surface area (Å²) in [4.78, 5) is 12.8. The number of carbonyl (C=O) groups excluding carboxylic acids is 1. The Kier molecular flexibility index (Phi) is 5.34. The molecule has 0 radical (unpaired) electrons. The molecule has 0 saturated carbocycles. The standard InChI is InChI=1S/C26H22N2O4/c1-17-13-18-11-12-19(14-24(18)30-17)25-15-20(28-32-25)16-27-26(29)22-9-5-6-10-23(22)31-21-7-3-2-4-8-21/h2-12,14-15,17H,13,16H2,1H3,(H,27,29). The van der Waals surface area contributed by atoms with Crippen LogP contribution in [0.5, 0.6) is 17.2 Å². The molecular weight excluding hydrogens is 404 g/mol. The number of carbonyl (C=O) groups is 1. The third-order valence-corrected chi connectivity index (χ3v) is 5.28. The van der Waals surface area contributed by atoms with Gasteiger partial charge < -0.3 is 19.3 Å². The van der Waals surface area contributed by atoms with Gasteiger partial charge in [0.1, 0.15) is 29.0 Å². The maximum absolute atomic E-state index is 12.8. The second-order valence-electron chi connectivity index (χ2n) is 7.73. The molecule has 4 aromatic rings. The van der Waals surface area contributed by atoms with Gasteiger partial charge in [-0.15, -0.1) is 0 Å². The van der Waals surface area contributed by atoms with E-state index >= 15 is 0 Å². The van der Waals surface area contributed by atoms with Crippen molar-refractivity contribution in [3.05, 3.63) is 95.7 Å². The van der Waals surface area contributed by atoms with Crippen molar-refractivity contribution in [3.8, 4) is 28.6 Å². The molecule has 1 amide bonds. The lowest BCUT2D eigenvalue weighted by Gasteiger charge is -2.10. The van der Waals surface area contributed by atoms with Crippen molar-refractivity contribution < 1.29 is 18.8 Å². The van der Waals surface area contributed by atoms with Crippen LogP contribution in [0.15, 0.2) is 83.4 Å². The number of aromatic nitrogens is 1. The fraction of sp³-hybridized carbons (Fsp3) is 0.154. The lowest BCUT2D eigenvalue weighted by atomic mass is 10.1. The van der Waals surface area contributed by atoms with Gasteiger partial charge in [-0.2, -0.15) is 0 Å². The quantitative estimate of drug-likeness (QED) is 0.448. The number of hydrogen-bond donors (Lipinski definition) is 1. The number of para-hydroxylation sites is 2. The topological polar surface area (TPSA) is 73.6 Å². The molecule has 1 atom stereocenters. The molecule has 32 heavy (non-hydrogen) atoms. The van der Waals surface area contributed by atoms with E-state index in [1.165, 1.54) is 5.56 Å². The van der Waals surface area contributed by atoms with E-state index in [2.05, 4.69) is 23.5 Å². The van der Waals surface area contributed by atoms with E-state index in [-0.39, 0.29) is 18.6 Å². The minimum absolute atomic E-state index is 0.189. The lowest BCUT2D eigenvalue weighted by Crippen LogP contribution is -2.23. The number of nitrogens with zero attached hydrogens (tertiary/aromatic N) is 1. The zero-order valence-corrected chi connectivity index (χ0v) is 17.6. The highest BCUT2D eigenvalue weighted by Crippen LogP contribution is 2.33. The third-order valence-electron chi connectivity index (χ3n) is 5.28. The van der Waals surface area contributed by atoms with Crippen LogP contribution in [0.4, 0.5) is 0 Å². The number of benzene rings is 3. The average Bonchev–Trinajstić information content (AvgIpc) is 3.43. The molecule has 0 aliphatic carbocycles. The maximum Gasteiger partial charge on any atom is 0.255 e. The Bertz CT molecular complexity index is 1250. The maximum atomic E-state index is 12.8. The summed E-state index contributed by atoms with van der Waals surface area (Å²) in [5.41, 5.74) is 3.17. The van der Waals surface area contributed by atoms with E-state index in [0.29, 0.717) is 28.5 Å². The lowest BCUT2D eigenvalue weighted by molar-refractivity contribution is 0.0948. The summed E-state index contributed by atoms with van der Waals surface area (Å²) in [5, 5.41) is 6.98. The van der Waals surface area contributed by atoms with Gasteiger partial charge in [-0.3, -0.25) is 4.79 Å². The molecule has 2 heterocycles. The molecule has 0 spiro atoms. The van der Waals surface area contributed by atoms with Crippen molar-refractivity contribution in [3.63, 3.8) is 0 Å². The van der Waals surface area contributed by atoms with E-state index in [1.807, 2.05) is 54.6 Å². The highest BCUT2D eigenvalue weighted by molar-refractivity contribution is 5.97. The van der Waals surface area contributed by atoms with Gasteiger partial charge in [0.2, 0.25) is 0 Å². The Labute approximate surface area is 185 Å². The van der Waals surface area contributed by atoms with Gasteiger partial charge in [0.05, 0.1) is 12.1 Å². The van der Waals surface area contributed by atoms with Crippen LogP contribution in [-0.2, 0) is 13.0 Å². The Morgan fingerprint density at radius 1 is 1.06 bits per heavy atom. The van der Waals surface area contributed by atoms with Crippen LogP contribution >= 0.6 is 0 Å². The van der Waals surface area contributed by atoms with Gasteiger partial charge in [0, 0.05) is 18.1 Å². The van der Waals surface area contributed by atoms with Crippen LogP contribution in [0.1, 0.15) is 28.5 Å². The van der Waals surface area contributed by atoms with Crippen molar-refractivity contribution in [2.75, 3.05) is 0 Å². The average molecular weight is 426 g/mol. The first-order valence-electron chi connectivity index (χ1n) is 10.5. The van der Waals surface area contributed by atoms with E-state index in [1.54, 1.807) is 18.2 Å². The van der Waals surface area contributed by atoms with E-state index in [0.717, 1.165) is 17.7 Å². The Morgan fingerprint density at radius 3 is 2.75 bits per heavy atom. The normalized spacial score (nSPS) is 14.5. The highest BCUT2D eigenvalue weighted by atomic mass is 16.5. The minimum Gasteiger partial charge on any atom is -0.490 e. The molecule has 3 aromatic carbocycles. The molecule has 6 heteroatoms. The molecule has 160 valence electrons. The molecule has 1 unspecified atom stereocenters. The predicted octanol–water partition coefficient (Wildman–Crippen LogP) is 5.39. The van der Waals surface area contributed by atoms with E-state index < -0.39 is 0 Å². The molecule has 6 nitrogen and oxygen atoms in total. The fourth-order valence-electron chi connectivity index (χ4n) is 3.71. The Morgan fingerprint density at radius 2 is 1.88 bits per heavy atom. The SMILES string of the molecule is CC1Cc2ccc(-c3cc(CNC(=O)c4ccccc4Oc4ccccc4)no3)cc2O1. The summed E-state index contributed by atoms with van der Waals surface area (Å²) in [6.07, 6.45) is 1.10. The van der Waals surface area contributed by atoms with E-state index in [9.17, 15) is 4.79 Å². The summed E-state index contributed by atoms with van der Waals surface area (Å²) < 4.78 is 17.2. The molecule has 0 fully saturated rings. The van der Waals surface area contributed by atoms with Crippen LogP contribution < -0.4 is 14.8 Å². The molecule has 1 aliphatic heterocycles. The van der Waals surface area contributed by atoms with Crippen LogP contribution in [0.2, 0.25) is 0 Å². The summed E-state index contributed by atoms with van der Waals surface area (Å²) in [6, 6.07) is 24.4. The summed E-state index contributed by atoms with van der Waals surface area (Å²) in [7, 11) is 0. The summed E-state index contributed by atoms with van der Waals surface area (Å²) in [5.74, 6) is 2.43. The smallest absolute Gasteiger partial charge is 0.255 e. The van der Waals surface area contributed by atoms with E-state index in [4.69, 9.17) is 14.0 Å². The first kappa shape index (κ1) is 19.9. The van der Waals surface area contributed by atoms with Crippen molar-refractivity contribution in [2.45, 2.75) is 26.0 Å². The first-order chi connectivity index (χ1) is 15.7. The molecule has 1 N–H and O–H groups in total. The number of rotatable bonds is 6. The summed E-state index contributed by atoms with van der Waals surface area (Å²) >= 11 is 0. The number of ether oxygens (including phenoxy) is 2. The molecule has 0 saturated heterocycles. The number of amides is 1. The van der Waals surface area contributed by atoms with Crippen molar-refractivity contribution >= 4 is 5.91 Å². The highest BCUT2D eigenvalue weighted by Gasteiger charge is 2.20. The van der Waals surface area contributed by atoms with Crippen molar-refractivity contribution in [1.82, 2.24) is 10.5 Å². The number of fused-ring (bicyclic) bond motifs is 1. The third kappa shape index (κ3) is 4.21. The van der Waals surface area contributed by atoms with Crippen molar-refractivity contribution in [1.29, 1.82) is 0 Å². The van der Waals surface area contributed by atoms with Gasteiger partial charge in [0.25, 0.3) is 5.91 Å². The minimum atomic E-state index is -0.249. The Balaban J connectivity index is 1.26. The second-order valence-corrected chi connectivity index (χ2v) is 7.73. The van der Waals surface area contributed by atoms with Crippen LogP contribution in [0, 0.1) is 0 Å². The van der Waals surface area contributed by atoms with Crippen molar-refractivity contribution in [2.24, 2.45) is 0 Å². The van der Waals surface area contributed by atoms with Gasteiger partial charge in [-0.25, -0.2) is 0 Å². The van der Waals surface area contributed by atoms with Gasteiger partial charge in [-0.1, -0.05) is 47.6 Å². The second kappa shape index (κ2) is 8.59. The summed E-state index contributed by atoms with van der Waals surface area (Å²) in [6.45, 7) is 2.29. The molecule has 1 aliphatic rings. The van der Waals surface area contributed by atoms with Crippen LogP contribution in [0.3, 0.4) is 0 Å². The number of hydrogen-bond acceptors (Lipinski definition) is 5. The molecule has 1 aromatic heterocycles. The van der Waals surface area contributed by atoms with Gasteiger partial charge in [-0.05, 0) is 42.8 Å². The first-order valence-corrected chi connectivity index (χ1v) is 10.5. The Hall–Kier alpha value is -4.06. The molecule has 5 rings (SSSR count). The number of nitrogens with one attached hydrogen (secondary N) is 1. The fourth-order valence-corrected chi connectivity index (χ4v) is 3.71. The largest absolute Gasteiger partial charge is 0.490 e. The zero-order chi connectivity index (χ0) is 21.9. The zero-order valence-electron chi connectivity index (χ0n) is 17.6. The van der Waals surface area contributed by atoms with Crippen LogP contribution in [-0.4, -0.2) is 17.2 Å². The molecule has 0 bridgehead atoms.